The maximum Gasteiger partial charge on any atom is 0.307 e. The van der Waals surface area contributed by atoms with Gasteiger partial charge in [-0.1, -0.05) is 19.8 Å². The summed E-state index contributed by atoms with van der Waals surface area (Å²) in [4.78, 5) is 23.6. The van der Waals surface area contributed by atoms with Crippen LogP contribution in [0.3, 0.4) is 0 Å². The van der Waals surface area contributed by atoms with Crippen LogP contribution in [0.15, 0.2) is 0 Å². The van der Waals surface area contributed by atoms with Gasteiger partial charge in [-0.05, 0) is 31.6 Å². The first-order valence-electron chi connectivity index (χ1n) is 7.40. The molecule has 1 unspecified atom stereocenters. The van der Waals surface area contributed by atoms with E-state index in [1.54, 1.807) is 0 Å². The summed E-state index contributed by atoms with van der Waals surface area (Å²) < 4.78 is 0. The molecule has 0 radical (unpaired) electrons. The number of carboxylic acid groups (broad SMARTS) is 1. The van der Waals surface area contributed by atoms with Crippen LogP contribution in [-0.2, 0) is 9.59 Å². The summed E-state index contributed by atoms with van der Waals surface area (Å²) >= 11 is 0. The van der Waals surface area contributed by atoms with E-state index in [1.165, 1.54) is 6.42 Å². The van der Waals surface area contributed by atoms with Crippen LogP contribution >= 0.6 is 0 Å². The van der Waals surface area contributed by atoms with Gasteiger partial charge in [0.05, 0.1) is 11.8 Å². The number of hydrogen-bond acceptors (Lipinski definition) is 3. The van der Waals surface area contributed by atoms with Gasteiger partial charge in [0.2, 0.25) is 5.91 Å². The maximum atomic E-state index is 12.3. The minimum absolute atomic E-state index is 0.0924. The van der Waals surface area contributed by atoms with Crippen molar-refractivity contribution in [3.05, 3.63) is 0 Å². The molecular weight excluding hydrogens is 244 g/mol. The molecule has 0 bridgehead atoms. The highest BCUT2D eigenvalue weighted by Gasteiger charge is 2.42. The molecule has 1 heterocycles. The second kappa shape index (κ2) is 6.37. The Hall–Kier alpha value is -1.10. The summed E-state index contributed by atoms with van der Waals surface area (Å²) in [6, 6.07) is 0. The smallest absolute Gasteiger partial charge is 0.307 e. The van der Waals surface area contributed by atoms with Crippen molar-refractivity contribution in [2.75, 3.05) is 13.1 Å². The van der Waals surface area contributed by atoms with Crippen LogP contribution in [0.1, 0.15) is 45.4 Å². The summed E-state index contributed by atoms with van der Waals surface area (Å²) in [7, 11) is 0. The second-order valence-electron chi connectivity index (χ2n) is 5.82. The molecule has 2 N–H and O–H groups in total. The van der Waals surface area contributed by atoms with E-state index in [2.05, 4.69) is 12.3 Å². The van der Waals surface area contributed by atoms with Crippen LogP contribution in [0.5, 0.6) is 0 Å². The summed E-state index contributed by atoms with van der Waals surface area (Å²) in [5, 5.41) is 11.2. The van der Waals surface area contributed by atoms with Gasteiger partial charge in [0.25, 0.3) is 0 Å². The number of piperidine rings is 1. The standard InChI is InChI=1S/C14H24N2O3/c1-2-10-8-11(12(9-10)14(18)19)13(17)15-16-6-4-3-5-7-16/h10-12H,2-9H2,1H3,(H,15,17)(H,18,19)/t10?,11-,12+/m0/s1. The molecule has 1 aliphatic carbocycles. The van der Waals surface area contributed by atoms with Gasteiger partial charge in [-0.3, -0.25) is 15.0 Å². The molecule has 2 rings (SSSR count). The van der Waals surface area contributed by atoms with E-state index in [4.69, 9.17) is 0 Å². The van der Waals surface area contributed by atoms with Gasteiger partial charge >= 0.3 is 5.97 Å². The fourth-order valence-electron chi connectivity index (χ4n) is 3.28. The molecule has 108 valence electrons. The van der Waals surface area contributed by atoms with E-state index in [0.29, 0.717) is 18.8 Å². The monoisotopic (exact) mass is 268 g/mol. The van der Waals surface area contributed by atoms with Gasteiger partial charge in [-0.2, -0.15) is 0 Å². The second-order valence-corrected chi connectivity index (χ2v) is 5.82. The Morgan fingerprint density at radius 1 is 1.16 bits per heavy atom. The van der Waals surface area contributed by atoms with E-state index in [9.17, 15) is 14.7 Å². The minimum atomic E-state index is -0.824. The molecule has 2 fully saturated rings. The average molecular weight is 268 g/mol. The summed E-state index contributed by atoms with van der Waals surface area (Å²) in [6.45, 7) is 3.83. The molecule has 0 aromatic heterocycles. The van der Waals surface area contributed by atoms with Gasteiger partial charge in [-0.25, -0.2) is 5.01 Å². The lowest BCUT2D eigenvalue weighted by atomic mass is 9.95. The number of nitrogens with zero attached hydrogens (tertiary/aromatic N) is 1. The van der Waals surface area contributed by atoms with Crippen molar-refractivity contribution in [2.24, 2.45) is 17.8 Å². The van der Waals surface area contributed by atoms with Crippen molar-refractivity contribution < 1.29 is 14.7 Å². The summed E-state index contributed by atoms with van der Waals surface area (Å²) in [5.41, 5.74) is 2.92. The van der Waals surface area contributed by atoms with Gasteiger partial charge in [0, 0.05) is 13.1 Å². The van der Waals surface area contributed by atoms with Crippen LogP contribution in [0, 0.1) is 17.8 Å². The summed E-state index contributed by atoms with van der Waals surface area (Å²) in [6.07, 6.45) is 5.73. The fraction of sp³-hybridized carbons (Fsp3) is 0.857. The molecule has 0 aromatic carbocycles. The lowest BCUT2D eigenvalue weighted by molar-refractivity contribution is -0.147. The topological polar surface area (TPSA) is 69.6 Å². The number of amides is 1. The molecule has 0 spiro atoms. The van der Waals surface area contributed by atoms with E-state index in [-0.39, 0.29) is 11.8 Å². The van der Waals surface area contributed by atoms with Crippen molar-refractivity contribution in [1.82, 2.24) is 10.4 Å². The van der Waals surface area contributed by atoms with Crippen molar-refractivity contribution >= 4 is 11.9 Å². The Morgan fingerprint density at radius 3 is 2.37 bits per heavy atom. The SMILES string of the molecule is CCC1C[C@H](C(=O)NN2CCCCC2)[C@H](C(=O)O)C1. The molecule has 19 heavy (non-hydrogen) atoms. The lowest BCUT2D eigenvalue weighted by Crippen LogP contribution is -2.48. The first-order valence-corrected chi connectivity index (χ1v) is 7.40. The van der Waals surface area contributed by atoms with Crippen molar-refractivity contribution in [1.29, 1.82) is 0 Å². The molecule has 0 aromatic rings. The van der Waals surface area contributed by atoms with E-state index in [1.807, 2.05) is 5.01 Å². The van der Waals surface area contributed by atoms with Crippen LogP contribution < -0.4 is 5.43 Å². The maximum absolute atomic E-state index is 12.3. The van der Waals surface area contributed by atoms with Crippen LogP contribution in [0.4, 0.5) is 0 Å². The highest BCUT2D eigenvalue weighted by Crippen LogP contribution is 2.38. The summed E-state index contributed by atoms with van der Waals surface area (Å²) in [5.74, 6) is -1.41. The predicted molar refractivity (Wildman–Crippen MR) is 71.2 cm³/mol. The number of carbonyl (C=O) groups is 2. The van der Waals surface area contributed by atoms with Gasteiger partial charge in [0.15, 0.2) is 0 Å². The highest BCUT2D eigenvalue weighted by atomic mass is 16.4. The molecule has 5 heteroatoms. The molecule has 1 saturated heterocycles. The number of hydrazine groups is 1. The minimum Gasteiger partial charge on any atom is -0.481 e. The van der Waals surface area contributed by atoms with Crippen molar-refractivity contribution in [2.45, 2.75) is 45.4 Å². The lowest BCUT2D eigenvalue weighted by Gasteiger charge is -2.28. The van der Waals surface area contributed by atoms with Crippen LogP contribution in [0.2, 0.25) is 0 Å². The predicted octanol–water partition coefficient (Wildman–Crippen LogP) is 1.64. The Bertz CT molecular complexity index is 340. The Morgan fingerprint density at radius 2 is 1.79 bits per heavy atom. The zero-order valence-corrected chi connectivity index (χ0v) is 11.6. The molecule has 5 nitrogen and oxygen atoms in total. The number of carbonyl (C=O) groups excluding carboxylic acids is 1. The van der Waals surface area contributed by atoms with E-state index in [0.717, 1.165) is 32.4 Å². The Kier molecular flexibility index (Phi) is 4.80. The largest absolute Gasteiger partial charge is 0.481 e. The van der Waals surface area contributed by atoms with Crippen molar-refractivity contribution in [3.8, 4) is 0 Å². The first-order chi connectivity index (χ1) is 9.11. The number of carboxylic acids is 1. The quantitative estimate of drug-likeness (QED) is 0.813. The Labute approximate surface area is 114 Å². The van der Waals surface area contributed by atoms with Gasteiger partial charge < -0.3 is 5.11 Å². The fourth-order valence-corrected chi connectivity index (χ4v) is 3.28. The first kappa shape index (κ1) is 14.3. The van der Waals surface area contributed by atoms with E-state index >= 15 is 0 Å². The zero-order chi connectivity index (χ0) is 13.8. The molecule has 2 aliphatic rings. The molecular formula is C14H24N2O3. The highest BCUT2D eigenvalue weighted by molar-refractivity contribution is 5.85. The van der Waals surface area contributed by atoms with Gasteiger partial charge in [-0.15, -0.1) is 0 Å². The number of hydrogen-bond donors (Lipinski definition) is 2. The Balaban J connectivity index is 1.94. The third-order valence-corrected chi connectivity index (χ3v) is 4.52. The molecule has 3 atom stereocenters. The molecule has 1 amide bonds. The van der Waals surface area contributed by atoms with Crippen LogP contribution in [-0.4, -0.2) is 35.1 Å². The number of aliphatic carboxylic acids is 1. The third-order valence-electron chi connectivity index (χ3n) is 4.52. The average Bonchev–Trinajstić information content (AvgIpc) is 2.84. The zero-order valence-electron chi connectivity index (χ0n) is 11.6. The number of nitrogens with one attached hydrogen (secondary N) is 1. The molecule has 1 aliphatic heterocycles. The van der Waals surface area contributed by atoms with Gasteiger partial charge in [0.1, 0.15) is 0 Å². The van der Waals surface area contributed by atoms with Crippen LogP contribution in [0.25, 0.3) is 0 Å². The number of rotatable bonds is 4. The van der Waals surface area contributed by atoms with E-state index < -0.39 is 11.9 Å². The third kappa shape index (κ3) is 3.47. The normalized spacial score (nSPS) is 32.2. The molecule has 1 saturated carbocycles. The van der Waals surface area contributed by atoms with Crippen molar-refractivity contribution in [3.63, 3.8) is 0 Å².